The highest BCUT2D eigenvalue weighted by atomic mass is 19.4. The number of halogens is 6. The molecular formula is C23H26F6N6O3. The predicted molar refractivity (Wildman–Crippen MR) is 121 cm³/mol. The molecule has 15 heteroatoms. The van der Waals surface area contributed by atoms with Gasteiger partial charge in [0.15, 0.2) is 0 Å². The Morgan fingerprint density at radius 3 is 2.29 bits per heavy atom. The first-order chi connectivity index (χ1) is 17.9. The number of piperidine rings is 1. The second-order valence-corrected chi connectivity index (χ2v) is 9.38. The monoisotopic (exact) mass is 548 g/mol. The van der Waals surface area contributed by atoms with E-state index in [0.29, 0.717) is 31.8 Å². The Hall–Kier alpha value is -3.23. The van der Waals surface area contributed by atoms with Crippen molar-refractivity contribution in [3.05, 3.63) is 45.9 Å². The lowest BCUT2D eigenvalue weighted by Gasteiger charge is -2.31. The molecule has 9 nitrogen and oxygen atoms in total. The number of hydrogen-bond donors (Lipinski definition) is 2. The molecule has 3 heterocycles. The zero-order valence-electron chi connectivity index (χ0n) is 20.1. The quantitative estimate of drug-likeness (QED) is 0.364. The Labute approximate surface area is 213 Å². The Morgan fingerprint density at radius 1 is 1.05 bits per heavy atom. The molecule has 2 aromatic rings. The number of amides is 1. The van der Waals surface area contributed by atoms with E-state index in [-0.39, 0.29) is 37.4 Å². The van der Waals surface area contributed by atoms with Crippen molar-refractivity contribution in [2.24, 2.45) is 5.92 Å². The van der Waals surface area contributed by atoms with Crippen LogP contribution in [0.15, 0.2) is 23.4 Å². The minimum atomic E-state index is -4.85. The van der Waals surface area contributed by atoms with Gasteiger partial charge in [0.2, 0.25) is 5.91 Å². The molecule has 2 N–H and O–H groups in total. The lowest BCUT2D eigenvalue weighted by molar-refractivity contribution is -0.139. The predicted octanol–water partition coefficient (Wildman–Crippen LogP) is 3.60. The van der Waals surface area contributed by atoms with Crippen LogP contribution in [0, 0.1) is 5.92 Å². The maximum atomic E-state index is 13.3. The summed E-state index contributed by atoms with van der Waals surface area (Å²) in [7, 11) is 0. The van der Waals surface area contributed by atoms with Gasteiger partial charge in [-0.25, -0.2) is 15.1 Å². The summed E-state index contributed by atoms with van der Waals surface area (Å²) in [5.74, 6) is 0.0870. The molecular weight excluding hydrogens is 522 g/mol. The van der Waals surface area contributed by atoms with Gasteiger partial charge in [0.05, 0.1) is 43.1 Å². The summed E-state index contributed by atoms with van der Waals surface area (Å²) in [5, 5.41) is 7.99. The van der Waals surface area contributed by atoms with Crippen LogP contribution in [0.5, 0.6) is 0 Å². The maximum absolute atomic E-state index is 13.3. The third-order valence-corrected chi connectivity index (χ3v) is 6.64. The van der Waals surface area contributed by atoms with E-state index in [2.05, 4.69) is 20.4 Å². The summed E-state index contributed by atoms with van der Waals surface area (Å²) in [6.07, 6.45) is -4.22. The minimum Gasteiger partial charge on any atom is -0.379 e. The summed E-state index contributed by atoms with van der Waals surface area (Å²) >= 11 is 0. The topological polar surface area (TPSA) is 113 Å². The van der Waals surface area contributed by atoms with Crippen LogP contribution in [0.2, 0.25) is 0 Å². The SMILES string of the molecule is O=C(CCOCC(Nc1cn[nH]c(=O)c1C(F)(F)F)C1CC1)N1CCC(c2ncc(C(F)(F)F)cn2)CC1. The van der Waals surface area contributed by atoms with Gasteiger partial charge in [-0.1, -0.05) is 0 Å². The number of nitrogens with one attached hydrogen (secondary N) is 2. The van der Waals surface area contributed by atoms with E-state index in [1.165, 1.54) is 0 Å². The molecule has 1 saturated carbocycles. The van der Waals surface area contributed by atoms with Crippen LogP contribution in [-0.4, -0.2) is 63.3 Å². The molecule has 2 aliphatic rings. The number of likely N-dealkylation sites (tertiary alicyclic amines) is 1. The van der Waals surface area contributed by atoms with Crippen LogP contribution >= 0.6 is 0 Å². The van der Waals surface area contributed by atoms with Gasteiger partial charge in [-0.3, -0.25) is 9.59 Å². The second-order valence-electron chi connectivity index (χ2n) is 9.38. The Bertz CT molecular complexity index is 1160. The molecule has 2 fully saturated rings. The molecule has 1 aliphatic heterocycles. The molecule has 1 saturated heterocycles. The van der Waals surface area contributed by atoms with Gasteiger partial charge >= 0.3 is 12.4 Å². The number of nitrogens with zero attached hydrogens (tertiary/aromatic N) is 4. The van der Waals surface area contributed by atoms with Crippen molar-refractivity contribution in [3.8, 4) is 0 Å². The third kappa shape index (κ3) is 6.99. The zero-order valence-corrected chi connectivity index (χ0v) is 20.1. The van der Waals surface area contributed by atoms with Gasteiger partial charge < -0.3 is 15.0 Å². The number of anilines is 1. The number of aromatic nitrogens is 4. The highest BCUT2D eigenvalue weighted by Crippen LogP contribution is 2.37. The molecule has 208 valence electrons. The van der Waals surface area contributed by atoms with E-state index < -0.39 is 40.8 Å². The first kappa shape index (κ1) is 27.8. The molecule has 0 spiro atoms. The van der Waals surface area contributed by atoms with Crippen LogP contribution in [-0.2, 0) is 21.9 Å². The van der Waals surface area contributed by atoms with Crippen molar-refractivity contribution in [1.29, 1.82) is 0 Å². The van der Waals surface area contributed by atoms with E-state index >= 15 is 0 Å². The number of rotatable bonds is 9. The van der Waals surface area contributed by atoms with Gasteiger partial charge in [-0.05, 0) is 31.6 Å². The molecule has 2 aromatic heterocycles. The summed E-state index contributed by atoms with van der Waals surface area (Å²) in [5.41, 5.74) is -4.02. The van der Waals surface area contributed by atoms with Crippen LogP contribution < -0.4 is 10.9 Å². The van der Waals surface area contributed by atoms with Crippen LogP contribution in [0.4, 0.5) is 32.0 Å². The molecule has 1 amide bonds. The largest absolute Gasteiger partial charge is 0.423 e. The Morgan fingerprint density at radius 2 is 1.71 bits per heavy atom. The first-order valence-corrected chi connectivity index (χ1v) is 12.1. The fourth-order valence-electron chi connectivity index (χ4n) is 4.39. The van der Waals surface area contributed by atoms with Crippen molar-refractivity contribution >= 4 is 11.6 Å². The second kappa shape index (κ2) is 11.3. The van der Waals surface area contributed by atoms with Gasteiger partial charge in [0.1, 0.15) is 11.4 Å². The Kier molecular flexibility index (Phi) is 8.23. The van der Waals surface area contributed by atoms with Crippen molar-refractivity contribution in [2.75, 3.05) is 31.6 Å². The average Bonchev–Trinajstić information content (AvgIpc) is 3.70. The smallest absolute Gasteiger partial charge is 0.379 e. The number of H-pyrrole nitrogens is 1. The van der Waals surface area contributed by atoms with Crippen LogP contribution in [0.1, 0.15) is 55.0 Å². The number of aromatic amines is 1. The third-order valence-electron chi connectivity index (χ3n) is 6.64. The maximum Gasteiger partial charge on any atom is 0.423 e. The highest BCUT2D eigenvalue weighted by Gasteiger charge is 2.39. The highest BCUT2D eigenvalue weighted by molar-refractivity contribution is 5.76. The number of carbonyl (C=O) groups excluding carboxylic acids is 1. The van der Waals surface area contributed by atoms with E-state index in [0.717, 1.165) is 31.4 Å². The van der Waals surface area contributed by atoms with Crippen molar-refractivity contribution in [1.82, 2.24) is 25.1 Å². The lowest BCUT2D eigenvalue weighted by atomic mass is 9.95. The Balaban J connectivity index is 1.22. The van der Waals surface area contributed by atoms with Gasteiger partial charge in [-0.2, -0.15) is 31.4 Å². The molecule has 1 unspecified atom stereocenters. The standard InChI is InChI=1S/C23H26F6N6O3/c24-22(25,26)15-9-30-20(31-10-15)14-3-6-35(7-4-14)18(36)5-8-38-12-17(13-1-2-13)33-16-11-32-34-21(37)19(16)23(27,28)29/h9-11,13-14,17H,1-8,12H2,(H2,33,34,37). The zero-order chi connectivity index (χ0) is 27.5. The fraction of sp³-hybridized carbons (Fsp3) is 0.609. The molecule has 38 heavy (non-hydrogen) atoms. The van der Waals surface area contributed by atoms with E-state index in [9.17, 15) is 35.9 Å². The van der Waals surface area contributed by atoms with E-state index in [4.69, 9.17) is 4.74 Å². The van der Waals surface area contributed by atoms with Gasteiger partial charge in [0.25, 0.3) is 5.56 Å². The number of carbonyl (C=O) groups is 1. The molecule has 4 rings (SSSR count). The lowest BCUT2D eigenvalue weighted by Crippen LogP contribution is -2.39. The average molecular weight is 548 g/mol. The van der Waals surface area contributed by atoms with Crippen molar-refractivity contribution in [2.45, 2.75) is 56.4 Å². The first-order valence-electron chi connectivity index (χ1n) is 12.1. The summed E-state index contributed by atoms with van der Waals surface area (Å²) < 4.78 is 83.6. The number of hydrogen-bond acceptors (Lipinski definition) is 7. The molecule has 1 aliphatic carbocycles. The summed E-state index contributed by atoms with van der Waals surface area (Å²) in [6.45, 7) is 0.909. The molecule has 0 aromatic carbocycles. The summed E-state index contributed by atoms with van der Waals surface area (Å²) in [6, 6.07) is -0.478. The molecule has 1 atom stereocenters. The summed E-state index contributed by atoms with van der Waals surface area (Å²) in [4.78, 5) is 33.6. The normalized spacial score (nSPS) is 17.9. The van der Waals surface area contributed by atoms with Crippen molar-refractivity contribution < 1.29 is 35.9 Å². The fourth-order valence-corrected chi connectivity index (χ4v) is 4.39. The van der Waals surface area contributed by atoms with Gasteiger partial charge in [0, 0.05) is 31.4 Å². The van der Waals surface area contributed by atoms with Gasteiger partial charge in [-0.15, -0.1) is 0 Å². The number of ether oxygens (including phenoxy) is 1. The van der Waals surface area contributed by atoms with Crippen LogP contribution in [0.25, 0.3) is 0 Å². The van der Waals surface area contributed by atoms with Crippen molar-refractivity contribution in [3.63, 3.8) is 0 Å². The van der Waals surface area contributed by atoms with Crippen LogP contribution in [0.3, 0.4) is 0 Å². The molecule has 0 radical (unpaired) electrons. The molecule has 0 bridgehead atoms. The minimum absolute atomic E-state index is 0.0510. The van der Waals surface area contributed by atoms with E-state index in [1.807, 2.05) is 0 Å². The number of alkyl halides is 6. The van der Waals surface area contributed by atoms with E-state index in [1.54, 1.807) is 10.00 Å².